The van der Waals surface area contributed by atoms with Crippen LogP contribution in [0.5, 0.6) is 0 Å². The highest BCUT2D eigenvalue weighted by molar-refractivity contribution is 6.39. The van der Waals surface area contributed by atoms with E-state index in [1.165, 1.54) is 18.3 Å². The van der Waals surface area contributed by atoms with E-state index in [9.17, 15) is 23.9 Å². The number of ether oxygens (including phenoxy) is 2. The molecule has 0 amide bonds. The smallest absolute Gasteiger partial charge is 0.379 e. The summed E-state index contributed by atoms with van der Waals surface area (Å²) in [4.78, 5) is 39.1. The van der Waals surface area contributed by atoms with Crippen molar-refractivity contribution in [1.29, 1.82) is 0 Å². The number of nitrogens with zero attached hydrogens (tertiary/aromatic N) is 2. The molecule has 3 aromatic rings. The Morgan fingerprint density at radius 1 is 1.14 bits per heavy atom. The fourth-order valence-electron chi connectivity index (χ4n) is 3.96. The molecule has 2 aromatic carbocycles. The van der Waals surface area contributed by atoms with Crippen molar-refractivity contribution >= 4 is 34.1 Å². The van der Waals surface area contributed by atoms with Gasteiger partial charge in [-0.3, -0.25) is 9.59 Å². The van der Waals surface area contributed by atoms with Crippen LogP contribution >= 0.6 is 0 Å². The van der Waals surface area contributed by atoms with Crippen LogP contribution in [0, 0.1) is 5.82 Å². The second-order valence-electron chi connectivity index (χ2n) is 8.04. The highest BCUT2D eigenvalue weighted by Gasteiger charge is 2.19. The van der Waals surface area contributed by atoms with E-state index < -0.39 is 22.9 Å². The topological polar surface area (TPSA) is 98.1 Å². The number of hydrogen-bond donors (Lipinski definition) is 1. The van der Waals surface area contributed by atoms with Gasteiger partial charge in [-0.05, 0) is 42.8 Å². The third kappa shape index (κ3) is 5.41. The molecule has 0 unspecified atom stereocenters. The van der Waals surface area contributed by atoms with Crippen LogP contribution in [0.2, 0.25) is 0 Å². The first kappa shape index (κ1) is 24.2. The third-order valence-electron chi connectivity index (χ3n) is 5.73. The van der Waals surface area contributed by atoms with Crippen LogP contribution in [0.15, 0.2) is 59.5 Å². The van der Waals surface area contributed by atoms with E-state index in [1.54, 1.807) is 29.7 Å². The summed E-state index contributed by atoms with van der Waals surface area (Å²) in [6.07, 6.45) is 2.12. The number of aliphatic hydroxyl groups excluding tert-OH is 1. The minimum absolute atomic E-state index is 0.00506. The molecule has 0 spiro atoms. The summed E-state index contributed by atoms with van der Waals surface area (Å²) < 4.78 is 25.3. The zero-order valence-electron chi connectivity index (χ0n) is 19.2. The van der Waals surface area contributed by atoms with E-state index in [-0.39, 0.29) is 24.5 Å². The molecule has 1 fully saturated rings. The van der Waals surface area contributed by atoms with Crippen LogP contribution < -0.4 is 10.3 Å². The molecule has 1 aromatic heterocycles. The van der Waals surface area contributed by atoms with E-state index >= 15 is 0 Å². The number of halogens is 1. The van der Waals surface area contributed by atoms with Gasteiger partial charge in [0.05, 0.1) is 30.9 Å². The summed E-state index contributed by atoms with van der Waals surface area (Å²) in [6, 6.07) is 11.3. The fourth-order valence-corrected chi connectivity index (χ4v) is 3.96. The van der Waals surface area contributed by atoms with Gasteiger partial charge in [0.15, 0.2) is 5.43 Å². The lowest BCUT2D eigenvalue weighted by Gasteiger charge is -2.29. The molecule has 182 valence electrons. The molecule has 2 heterocycles. The van der Waals surface area contributed by atoms with Crippen molar-refractivity contribution in [3.63, 3.8) is 0 Å². The van der Waals surface area contributed by atoms with Crippen molar-refractivity contribution in [2.45, 2.75) is 13.5 Å². The quantitative estimate of drug-likeness (QED) is 0.240. The van der Waals surface area contributed by atoms with Gasteiger partial charge in [-0.15, -0.1) is 0 Å². The van der Waals surface area contributed by atoms with Gasteiger partial charge in [-0.2, -0.15) is 0 Å². The number of carbonyl (C=O) groups excluding carboxylic acids is 2. The summed E-state index contributed by atoms with van der Waals surface area (Å²) in [7, 11) is 0. The number of rotatable bonds is 7. The number of anilines is 1. The molecule has 0 aliphatic carbocycles. The van der Waals surface area contributed by atoms with E-state index in [1.807, 2.05) is 12.1 Å². The van der Waals surface area contributed by atoms with Gasteiger partial charge in [0, 0.05) is 43.0 Å². The number of esters is 1. The predicted molar refractivity (Wildman–Crippen MR) is 129 cm³/mol. The molecule has 0 bridgehead atoms. The summed E-state index contributed by atoms with van der Waals surface area (Å²) in [6.45, 7) is 4.47. The average molecular weight is 480 g/mol. The predicted octanol–water partition coefficient (Wildman–Crippen LogP) is 3.06. The SMILES string of the molecule is CCOC(=O)C(=O)C=C(O)c1cn(Cc2ccc(F)cc2)c2cc(N3CCOCC3)ccc2c1=O. The van der Waals surface area contributed by atoms with Crippen molar-refractivity contribution in [3.05, 3.63) is 81.9 Å². The minimum atomic E-state index is -1.12. The van der Waals surface area contributed by atoms with Crippen molar-refractivity contribution in [1.82, 2.24) is 4.57 Å². The maximum absolute atomic E-state index is 13.4. The van der Waals surface area contributed by atoms with Crippen molar-refractivity contribution < 1.29 is 28.6 Å². The Hall–Kier alpha value is -3.98. The number of carbonyl (C=O) groups is 2. The summed E-state index contributed by atoms with van der Waals surface area (Å²) in [5.41, 5.74) is 1.66. The molecular formula is C26H25FN2O6. The number of aromatic nitrogens is 1. The van der Waals surface area contributed by atoms with Gasteiger partial charge in [0.2, 0.25) is 0 Å². The standard InChI is InChI=1S/C26H25FN2O6/c1-2-35-26(33)24(31)14-23(30)21-16-29(15-17-3-5-18(27)6-4-17)22-13-19(7-8-20(22)25(21)32)28-9-11-34-12-10-28/h3-8,13-14,16,30H,2,9-12,15H2,1H3. The molecule has 0 saturated carbocycles. The Morgan fingerprint density at radius 3 is 2.54 bits per heavy atom. The van der Waals surface area contributed by atoms with E-state index in [0.717, 1.165) is 11.3 Å². The Kier molecular flexibility index (Phi) is 7.26. The number of ketones is 1. The van der Waals surface area contributed by atoms with E-state index in [4.69, 9.17) is 4.74 Å². The molecule has 1 N–H and O–H groups in total. The molecule has 4 rings (SSSR count). The third-order valence-corrected chi connectivity index (χ3v) is 5.73. The molecule has 9 heteroatoms. The summed E-state index contributed by atoms with van der Waals surface area (Å²) in [5.74, 6) is -3.20. The second kappa shape index (κ2) is 10.5. The van der Waals surface area contributed by atoms with Gasteiger partial charge >= 0.3 is 5.97 Å². The minimum Gasteiger partial charge on any atom is -0.507 e. The molecule has 1 aliphatic heterocycles. The number of hydrogen-bond acceptors (Lipinski definition) is 7. The first-order valence-corrected chi connectivity index (χ1v) is 11.2. The number of morpholine rings is 1. The zero-order chi connectivity index (χ0) is 24.9. The Labute approximate surface area is 200 Å². The van der Waals surface area contributed by atoms with Gasteiger partial charge in [0.25, 0.3) is 5.78 Å². The summed E-state index contributed by atoms with van der Waals surface area (Å²) >= 11 is 0. The highest BCUT2D eigenvalue weighted by atomic mass is 19.1. The molecule has 8 nitrogen and oxygen atoms in total. The van der Waals surface area contributed by atoms with Crippen LogP contribution in [0.25, 0.3) is 16.7 Å². The average Bonchev–Trinajstić information content (AvgIpc) is 2.87. The number of benzene rings is 2. The second-order valence-corrected chi connectivity index (χ2v) is 8.04. The van der Waals surface area contributed by atoms with Crippen LogP contribution in [0.1, 0.15) is 18.1 Å². The first-order valence-electron chi connectivity index (χ1n) is 11.2. The van der Waals surface area contributed by atoms with Crippen LogP contribution in [0.3, 0.4) is 0 Å². The Balaban J connectivity index is 1.82. The van der Waals surface area contributed by atoms with Crippen LogP contribution in [0.4, 0.5) is 10.1 Å². The lowest BCUT2D eigenvalue weighted by atomic mass is 10.1. The van der Waals surface area contributed by atoms with Crippen molar-refractivity contribution in [3.8, 4) is 0 Å². The molecule has 0 radical (unpaired) electrons. The van der Waals surface area contributed by atoms with Gasteiger partial charge in [0.1, 0.15) is 11.6 Å². The molecule has 1 saturated heterocycles. The van der Waals surface area contributed by atoms with Gasteiger partial charge < -0.3 is 24.0 Å². The Bertz CT molecular complexity index is 1340. The maximum Gasteiger partial charge on any atom is 0.379 e. The largest absolute Gasteiger partial charge is 0.507 e. The fraction of sp³-hybridized carbons (Fsp3) is 0.269. The molecular weight excluding hydrogens is 455 g/mol. The zero-order valence-corrected chi connectivity index (χ0v) is 19.2. The first-order chi connectivity index (χ1) is 16.9. The monoisotopic (exact) mass is 480 g/mol. The summed E-state index contributed by atoms with van der Waals surface area (Å²) in [5, 5.41) is 10.9. The maximum atomic E-state index is 13.4. The number of pyridine rings is 1. The molecule has 0 atom stereocenters. The van der Waals surface area contributed by atoms with Gasteiger partial charge in [-0.1, -0.05) is 12.1 Å². The lowest BCUT2D eigenvalue weighted by molar-refractivity contribution is -0.151. The van der Waals surface area contributed by atoms with E-state index in [0.29, 0.717) is 43.3 Å². The van der Waals surface area contributed by atoms with Gasteiger partial charge in [-0.25, -0.2) is 9.18 Å². The number of aliphatic hydroxyl groups is 1. The Morgan fingerprint density at radius 2 is 1.86 bits per heavy atom. The molecule has 35 heavy (non-hydrogen) atoms. The van der Waals surface area contributed by atoms with Crippen molar-refractivity contribution in [2.75, 3.05) is 37.8 Å². The normalized spacial score (nSPS) is 14.2. The van der Waals surface area contributed by atoms with Crippen LogP contribution in [-0.2, 0) is 25.6 Å². The lowest BCUT2D eigenvalue weighted by Crippen LogP contribution is -2.36. The van der Waals surface area contributed by atoms with Crippen molar-refractivity contribution in [2.24, 2.45) is 0 Å². The number of fused-ring (bicyclic) bond motifs is 1. The van der Waals surface area contributed by atoms with E-state index in [2.05, 4.69) is 9.64 Å². The van der Waals surface area contributed by atoms with Crippen LogP contribution in [-0.4, -0.2) is 54.3 Å². The highest BCUT2D eigenvalue weighted by Crippen LogP contribution is 2.24. The molecule has 1 aliphatic rings.